The normalized spacial score (nSPS) is 22.6. The van der Waals surface area contributed by atoms with Gasteiger partial charge in [-0.3, -0.25) is 4.79 Å². The molecule has 1 saturated heterocycles. The molecule has 20 heavy (non-hydrogen) atoms. The Morgan fingerprint density at radius 3 is 2.45 bits per heavy atom. The molecule has 3 amide bonds. The highest BCUT2D eigenvalue weighted by Crippen LogP contribution is 2.30. The van der Waals surface area contributed by atoms with Crippen LogP contribution < -0.4 is 5.32 Å². The average Bonchev–Trinajstić information content (AvgIpc) is 2.80. The number of carbonyl (C=O) groups is 3. The van der Waals surface area contributed by atoms with Crippen molar-refractivity contribution in [1.29, 1.82) is 0 Å². The standard InChI is InChI=1S/C13H21N3O4/c1-15-7-4-8-16(9-10(15)17)12(20)14-13(11(18)19)5-2-3-6-13/h2-9H2,1H3,(H,14,20)(H,18,19). The molecule has 1 aliphatic carbocycles. The summed E-state index contributed by atoms with van der Waals surface area (Å²) in [7, 11) is 1.71. The van der Waals surface area contributed by atoms with Crippen LogP contribution in [0.3, 0.4) is 0 Å². The van der Waals surface area contributed by atoms with Gasteiger partial charge in [0.15, 0.2) is 0 Å². The zero-order chi connectivity index (χ0) is 14.8. The number of amides is 3. The van der Waals surface area contributed by atoms with Gasteiger partial charge in [-0.1, -0.05) is 12.8 Å². The van der Waals surface area contributed by atoms with Crippen molar-refractivity contribution >= 4 is 17.9 Å². The summed E-state index contributed by atoms with van der Waals surface area (Å²) in [5.74, 6) is -1.10. The van der Waals surface area contributed by atoms with Gasteiger partial charge in [-0.15, -0.1) is 0 Å². The summed E-state index contributed by atoms with van der Waals surface area (Å²) in [5, 5.41) is 12.0. The van der Waals surface area contributed by atoms with Crippen molar-refractivity contribution in [2.75, 3.05) is 26.7 Å². The number of nitrogens with one attached hydrogen (secondary N) is 1. The largest absolute Gasteiger partial charge is 0.480 e. The zero-order valence-electron chi connectivity index (χ0n) is 11.7. The summed E-state index contributed by atoms with van der Waals surface area (Å²) in [5.41, 5.74) is -1.15. The van der Waals surface area contributed by atoms with Gasteiger partial charge in [-0.25, -0.2) is 9.59 Å². The molecule has 1 aliphatic heterocycles. The summed E-state index contributed by atoms with van der Waals surface area (Å²) in [4.78, 5) is 38.4. The SMILES string of the molecule is CN1CCCN(C(=O)NC2(C(=O)O)CCCC2)CC1=O. The number of hydrogen-bond donors (Lipinski definition) is 2. The van der Waals surface area contributed by atoms with Gasteiger partial charge in [0, 0.05) is 20.1 Å². The third-order valence-corrected chi connectivity index (χ3v) is 4.17. The number of nitrogens with zero attached hydrogens (tertiary/aromatic N) is 2. The maximum atomic E-state index is 12.2. The molecule has 0 radical (unpaired) electrons. The van der Waals surface area contributed by atoms with E-state index in [-0.39, 0.29) is 12.5 Å². The van der Waals surface area contributed by atoms with Gasteiger partial charge in [-0.05, 0) is 19.3 Å². The molecule has 2 rings (SSSR count). The van der Waals surface area contributed by atoms with Crippen LogP contribution in [0.25, 0.3) is 0 Å². The van der Waals surface area contributed by atoms with E-state index in [1.54, 1.807) is 11.9 Å². The number of aliphatic carboxylic acids is 1. The predicted molar refractivity (Wildman–Crippen MR) is 71.2 cm³/mol. The lowest BCUT2D eigenvalue weighted by atomic mass is 9.98. The fraction of sp³-hybridized carbons (Fsp3) is 0.769. The Morgan fingerprint density at radius 1 is 1.20 bits per heavy atom. The first-order valence-corrected chi connectivity index (χ1v) is 6.99. The van der Waals surface area contributed by atoms with Gasteiger partial charge >= 0.3 is 12.0 Å². The lowest BCUT2D eigenvalue weighted by Gasteiger charge is -2.29. The molecule has 0 aromatic carbocycles. The van der Waals surface area contributed by atoms with E-state index in [0.717, 1.165) is 12.8 Å². The molecule has 0 bridgehead atoms. The third kappa shape index (κ3) is 2.86. The molecule has 0 aromatic heterocycles. The van der Waals surface area contributed by atoms with Gasteiger partial charge in [0.25, 0.3) is 0 Å². The molecule has 7 nitrogen and oxygen atoms in total. The van der Waals surface area contributed by atoms with Crippen molar-refractivity contribution in [2.24, 2.45) is 0 Å². The third-order valence-electron chi connectivity index (χ3n) is 4.17. The quantitative estimate of drug-likeness (QED) is 0.760. The minimum atomic E-state index is -1.15. The van der Waals surface area contributed by atoms with Crippen molar-refractivity contribution in [2.45, 2.75) is 37.6 Å². The molecule has 1 saturated carbocycles. The van der Waals surface area contributed by atoms with Crippen molar-refractivity contribution in [3.63, 3.8) is 0 Å². The van der Waals surface area contributed by atoms with Gasteiger partial charge in [0.2, 0.25) is 5.91 Å². The number of carbonyl (C=O) groups excluding carboxylic acids is 2. The second-order valence-electron chi connectivity index (χ2n) is 5.61. The first kappa shape index (κ1) is 14.6. The molecule has 0 aromatic rings. The number of rotatable bonds is 2. The Balaban J connectivity index is 2.03. The van der Waals surface area contributed by atoms with Crippen molar-refractivity contribution in [1.82, 2.24) is 15.1 Å². The zero-order valence-corrected chi connectivity index (χ0v) is 11.7. The molecule has 2 fully saturated rings. The summed E-state index contributed by atoms with van der Waals surface area (Å²) in [6.07, 6.45) is 3.21. The molecule has 1 heterocycles. The summed E-state index contributed by atoms with van der Waals surface area (Å²) >= 11 is 0. The van der Waals surface area contributed by atoms with E-state index in [4.69, 9.17) is 0 Å². The topological polar surface area (TPSA) is 89.9 Å². The first-order valence-electron chi connectivity index (χ1n) is 6.99. The van der Waals surface area contributed by atoms with Crippen molar-refractivity contribution < 1.29 is 19.5 Å². The van der Waals surface area contributed by atoms with Crippen LogP contribution in [0.15, 0.2) is 0 Å². The molecule has 0 spiro atoms. The molecule has 2 aliphatic rings. The molecule has 112 valence electrons. The Hall–Kier alpha value is -1.79. The highest BCUT2D eigenvalue weighted by Gasteiger charge is 2.43. The minimum Gasteiger partial charge on any atom is -0.480 e. The van der Waals surface area contributed by atoms with E-state index >= 15 is 0 Å². The fourth-order valence-corrected chi connectivity index (χ4v) is 2.81. The maximum absolute atomic E-state index is 12.2. The number of carboxylic acids is 1. The second-order valence-corrected chi connectivity index (χ2v) is 5.61. The number of urea groups is 1. The van der Waals surface area contributed by atoms with E-state index in [0.29, 0.717) is 32.4 Å². The maximum Gasteiger partial charge on any atom is 0.329 e. The van der Waals surface area contributed by atoms with E-state index in [1.807, 2.05) is 0 Å². The predicted octanol–water partition coefficient (Wildman–Crippen LogP) is 0.257. The van der Waals surface area contributed by atoms with E-state index < -0.39 is 17.5 Å². The molecule has 2 N–H and O–H groups in total. The number of likely N-dealkylation sites (N-methyl/N-ethyl adjacent to an activating group) is 1. The monoisotopic (exact) mass is 283 g/mol. The van der Waals surface area contributed by atoms with Crippen LogP contribution in [0.1, 0.15) is 32.1 Å². The Morgan fingerprint density at radius 2 is 1.85 bits per heavy atom. The summed E-state index contributed by atoms with van der Waals surface area (Å²) < 4.78 is 0. The summed E-state index contributed by atoms with van der Waals surface area (Å²) in [6.45, 7) is 1.10. The fourth-order valence-electron chi connectivity index (χ4n) is 2.81. The average molecular weight is 283 g/mol. The van der Waals surface area contributed by atoms with Crippen LogP contribution in [0.4, 0.5) is 4.79 Å². The number of carboxylic acid groups (broad SMARTS) is 1. The van der Waals surface area contributed by atoms with Crippen LogP contribution in [-0.4, -0.2) is 65.0 Å². The van der Waals surface area contributed by atoms with Gasteiger partial charge in [0.05, 0.1) is 0 Å². The Bertz CT molecular complexity index is 418. The molecular formula is C13H21N3O4. The molecular weight excluding hydrogens is 262 g/mol. The van der Waals surface area contributed by atoms with Crippen LogP contribution in [-0.2, 0) is 9.59 Å². The van der Waals surface area contributed by atoms with Crippen LogP contribution in [0, 0.1) is 0 Å². The van der Waals surface area contributed by atoms with Crippen LogP contribution >= 0.6 is 0 Å². The first-order chi connectivity index (χ1) is 9.44. The van der Waals surface area contributed by atoms with Crippen LogP contribution in [0.2, 0.25) is 0 Å². The summed E-state index contributed by atoms with van der Waals surface area (Å²) in [6, 6.07) is -0.446. The lowest BCUT2D eigenvalue weighted by Crippen LogP contribution is -2.57. The van der Waals surface area contributed by atoms with E-state index in [2.05, 4.69) is 5.32 Å². The highest BCUT2D eigenvalue weighted by molar-refractivity contribution is 5.89. The van der Waals surface area contributed by atoms with Gasteiger partial charge in [-0.2, -0.15) is 0 Å². The molecule has 7 heteroatoms. The van der Waals surface area contributed by atoms with Gasteiger partial charge in [0.1, 0.15) is 12.1 Å². The van der Waals surface area contributed by atoms with Crippen molar-refractivity contribution in [3.8, 4) is 0 Å². The number of hydrogen-bond acceptors (Lipinski definition) is 3. The van der Waals surface area contributed by atoms with Crippen LogP contribution in [0.5, 0.6) is 0 Å². The highest BCUT2D eigenvalue weighted by atomic mass is 16.4. The molecule has 0 unspecified atom stereocenters. The smallest absolute Gasteiger partial charge is 0.329 e. The van der Waals surface area contributed by atoms with E-state index in [9.17, 15) is 19.5 Å². The Kier molecular flexibility index (Phi) is 4.15. The lowest BCUT2D eigenvalue weighted by molar-refractivity contribution is -0.144. The van der Waals surface area contributed by atoms with E-state index in [1.165, 1.54) is 4.90 Å². The Labute approximate surface area is 117 Å². The van der Waals surface area contributed by atoms with Crippen molar-refractivity contribution in [3.05, 3.63) is 0 Å². The second kappa shape index (κ2) is 5.68. The minimum absolute atomic E-state index is 0.0119. The molecule has 0 atom stereocenters. The van der Waals surface area contributed by atoms with Gasteiger partial charge < -0.3 is 20.2 Å².